The van der Waals surface area contributed by atoms with Crippen LogP contribution in [-0.2, 0) is 14.6 Å². The van der Waals surface area contributed by atoms with Gasteiger partial charge in [0.25, 0.3) is 0 Å². The van der Waals surface area contributed by atoms with Gasteiger partial charge in [0.2, 0.25) is 0 Å². The zero-order chi connectivity index (χ0) is 14.9. The van der Waals surface area contributed by atoms with E-state index in [0.29, 0.717) is 18.6 Å². The molecule has 1 N–H and O–H groups in total. The van der Waals surface area contributed by atoms with Crippen molar-refractivity contribution in [1.82, 2.24) is 4.90 Å². The highest BCUT2D eigenvalue weighted by molar-refractivity contribution is 7.92. The van der Waals surface area contributed by atoms with Crippen molar-refractivity contribution < 1.29 is 18.3 Å². The van der Waals surface area contributed by atoms with E-state index in [1.807, 2.05) is 0 Å². The molecular weight excluding hydrogens is 278 g/mol. The molecule has 0 spiro atoms. The number of carboxylic acids is 1. The van der Waals surface area contributed by atoms with Crippen LogP contribution in [0.3, 0.4) is 0 Å². The molecule has 5 nitrogen and oxygen atoms in total. The molecule has 2 unspecified atom stereocenters. The quantitative estimate of drug-likeness (QED) is 0.805. The first kappa shape index (κ1) is 15.8. The second kappa shape index (κ2) is 6.02. The van der Waals surface area contributed by atoms with E-state index in [0.717, 1.165) is 25.7 Å². The molecule has 2 heterocycles. The molecule has 0 saturated carbocycles. The summed E-state index contributed by atoms with van der Waals surface area (Å²) in [7, 11) is -2.98. The third-order valence-electron chi connectivity index (χ3n) is 4.80. The molecule has 20 heavy (non-hydrogen) atoms. The smallest absolute Gasteiger partial charge is 0.303 e. The molecule has 2 saturated heterocycles. The molecular formula is C14H25NO4S. The lowest BCUT2D eigenvalue weighted by molar-refractivity contribution is -0.138. The second-order valence-corrected chi connectivity index (χ2v) is 9.15. The summed E-state index contributed by atoms with van der Waals surface area (Å²) in [6.45, 7) is 4.06. The molecule has 2 atom stereocenters. The van der Waals surface area contributed by atoms with Crippen molar-refractivity contribution >= 4 is 15.8 Å². The predicted molar refractivity (Wildman–Crippen MR) is 77.4 cm³/mol. The third kappa shape index (κ3) is 3.52. The summed E-state index contributed by atoms with van der Waals surface area (Å²) < 4.78 is 23.8. The summed E-state index contributed by atoms with van der Waals surface area (Å²) in [5.74, 6) is -0.227. The number of hydrogen-bond donors (Lipinski definition) is 1. The number of nitrogens with zero attached hydrogens (tertiary/aromatic N) is 1. The largest absolute Gasteiger partial charge is 0.481 e. The van der Waals surface area contributed by atoms with Gasteiger partial charge in [-0.2, -0.15) is 0 Å². The Labute approximate surface area is 121 Å². The maximum absolute atomic E-state index is 11.9. The summed E-state index contributed by atoms with van der Waals surface area (Å²) in [4.78, 5) is 13.1. The first-order valence-corrected chi connectivity index (χ1v) is 9.20. The van der Waals surface area contributed by atoms with Crippen LogP contribution in [0.5, 0.6) is 0 Å². The Morgan fingerprint density at radius 2 is 1.80 bits per heavy atom. The van der Waals surface area contributed by atoms with Crippen LogP contribution in [0.15, 0.2) is 0 Å². The van der Waals surface area contributed by atoms with Gasteiger partial charge in [0.15, 0.2) is 9.84 Å². The van der Waals surface area contributed by atoms with Crippen molar-refractivity contribution in [3.8, 4) is 0 Å². The molecule has 2 rings (SSSR count). The van der Waals surface area contributed by atoms with Gasteiger partial charge in [-0.05, 0) is 45.4 Å². The first-order chi connectivity index (χ1) is 9.29. The predicted octanol–water partition coefficient (Wildman–Crippen LogP) is 1.53. The maximum atomic E-state index is 11.9. The number of carbonyl (C=O) groups is 1. The first-order valence-electron chi connectivity index (χ1n) is 7.48. The molecule has 0 aromatic rings. The van der Waals surface area contributed by atoms with Gasteiger partial charge in [0.1, 0.15) is 0 Å². The lowest BCUT2D eigenvalue weighted by Crippen LogP contribution is -2.45. The average molecular weight is 303 g/mol. The molecule has 0 amide bonds. The lowest BCUT2D eigenvalue weighted by Gasteiger charge is -2.38. The molecule has 2 aliphatic heterocycles. The fourth-order valence-electron chi connectivity index (χ4n) is 3.63. The van der Waals surface area contributed by atoms with Crippen LogP contribution in [0.2, 0.25) is 0 Å². The molecule has 6 heteroatoms. The number of aliphatic carboxylic acids is 1. The third-order valence-corrected chi connectivity index (χ3v) is 6.99. The number of sulfone groups is 1. The van der Waals surface area contributed by atoms with Crippen LogP contribution in [0.4, 0.5) is 0 Å². The minimum absolute atomic E-state index is 0.223. The summed E-state index contributed by atoms with van der Waals surface area (Å²) in [5, 5.41) is 8.59. The molecule has 2 aliphatic rings. The van der Waals surface area contributed by atoms with Crippen LogP contribution in [0, 0.1) is 5.92 Å². The topological polar surface area (TPSA) is 74.7 Å². The molecule has 2 bridgehead atoms. The Hall–Kier alpha value is -0.620. The van der Waals surface area contributed by atoms with E-state index < -0.39 is 15.8 Å². The highest BCUT2D eigenvalue weighted by Crippen LogP contribution is 2.39. The average Bonchev–Trinajstić information content (AvgIpc) is 2.56. The van der Waals surface area contributed by atoms with E-state index in [1.165, 1.54) is 0 Å². The molecule has 0 aromatic carbocycles. The van der Waals surface area contributed by atoms with Crippen LogP contribution in [-0.4, -0.2) is 54.0 Å². The zero-order valence-corrected chi connectivity index (χ0v) is 13.1. The van der Waals surface area contributed by atoms with Gasteiger partial charge in [0, 0.05) is 25.0 Å². The van der Waals surface area contributed by atoms with E-state index >= 15 is 0 Å². The fourth-order valence-corrected chi connectivity index (χ4v) is 4.57. The molecule has 0 radical (unpaired) electrons. The van der Waals surface area contributed by atoms with Crippen LogP contribution < -0.4 is 0 Å². The number of rotatable bonds is 6. The number of carboxylic acid groups (broad SMARTS) is 1. The van der Waals surface area contributed by atoms with Gasteiger partial charge in [0.05, 0.1) is 11.0 Å². The fraction of sp³-hybridized carbons (Fsp3) is 0.929. The summed E-state index contributed by atoms with van der Waals surface area (Å²) >= 11 is 0. The Balaban J connectivity index is 1.91. The van der Waals surface area contributed by atoms with Gasteiger partial charge in [-0.1, -0.05) is 0 Å². The summed E-state index contributed by atoms with van der Waals surface area (Å²) in [6.07, 6.45) is 4.24. The van der Waals surface area contributed by atoms with Crippen molar-refractivity contribution in [3.05, 3.63) is 0 Å². The second-order valence-electron chi connectivity index (χ2n) is 6.47. The Bertz CT molecular complexity index is 446. The van der Waals surface area contributed by atoms with Gasteiger partial charge in [-0.3, -0.25) is 9.69 Å². The van der Waals surface area contributed by atoms with Crippen LogP contribution in [0.25, 0.3) is 0 Å². The number of piperidine rings is 1. The lowest BCUT2D eigenvalue weighted by atomic mass is 9.88. The van der Waals surface area contributed by atoms with Gasteiger partial charge in [-0.25, -0.2) is 8.42 Å². The minimum atomic E-state index is -2.98. The maximum Gasteiger partial charge on any atom is 0.303 e. The van der Waals surface area contributed by atoms with Gasteiger partial charge in [-0.15, -0.1) is 0 Å². The van der Waals surface area contributed by atoms with Crippen LogP contribution in [0.1, 0.15) is 46.0 Å². The molecule has 0 aromatic heterocycles. The Kier molecular flexibility index (Phi) is 4.74. The number of hydrogen-bond acceptors (Lipinski definition) is 4. The summed E-state index contributed by atoms with van der Waals surface area (Å²) in [5.41, 5.74) is 0. The highest BCUT2D eigenvalue weighted by Gasteiger charge is 2.41. The van der Waals surface area contributed by atoms with Crippen molar-refractivity contribution in [1.29, 1.82) is 0 Å². The van der Waals surface area contributed by atoms with Crippen molar-refractivity contribution in [2.45, 2.75) is 63.3 Å². The SMILES string of the molecule is CC(C)S(=O)(=O)CCN1C2CCC1CC(CC(=O)O)C2. The number of fused-ring (bicyclic) bond motifs is 2. The monoisotopic (exact) mass is 303 g/mol. The van der Waals surface area contributed by atoms with E-state index in [2.05, 4.69) is 4.90 Å². The Morgan fingerprint density at radius 3 is 2.25 bits per heavy atom. The zero-order valence-electron chi connectivity index (χ0n) is 12.3. The van der Waals surface area contributed by atoms with Crippen molar-refractivity contribution in [2.75, 3.05) is 12.3 Å². The van der Waals surface area contributed by atoms with Crippen molar-refractivity contribution in [3.63, 3.8) is 0 Å². The standard InChI is InChI=1S/C14H25NO4S/c1-10(2)20(18,19)6-5-15-12-3-4-13(15)8-11(7-12)9-14(16)17/h10-13H,3-9H2,1-2H3,(H,16,17). The van der Waals surface area contributed by atoms with E-state index in [4.69, 9.17) is 5.11 Å². The van der Waals surface area contributed by atoms with Crippen LogP contribution >= 0.6 is 0 Å². The van der Waals surface area contributed by atoms with Crippen molar-refractivity contribution in [2.24, 2.45) is 5.92 Å². The Morgan fingerprint density at radius 1 is 1.25 bits per heavy atom. The van der Waals surface area contributed by atoms with Gasteiger partial charge < -0.3 is 5.11 Å². The highest BCUT2D eigenvalue weighted by atomic mass is 32.2. The van der Waals surface area contributed by atoms with Gasteiger partial charge >= 0.3 is 5.97 Å². The normalized spacial score (nSPS) is 30.9. The molecule has 116 valence electrons. The summed E-state index contributed by atoms with van der Waals surface area (Å²) in [6, 6.07) is 0.779. The minimum Gasteiger partial charge on any atom is -0.481 e. The molecule has 0 aliphatic carbocycles. The molecule has 2 fully saturated rings. The van der Waals surface area contributed by atoms with E-state index in [9.17, 15) is 13.2 Å². The van der Waals surface area contributed by atoms with E-state index in [1.54, 1.807) is 13.8 Å². The van der Waals surface area contributed by atoms with E-state index in [-0.39, 0.29) is 23.3 Å².